The van der Waals surface area contributed by atoms with Crippen molar-refractivity contribution in [1.82, 2.24) is 14.7 Å². The largest absolute Gasteiger partial charge is 0.394 e. The standard InChI is InChI=1S/C31H41N3O4S/c1-4-6-17-33-19-11-15-31-25(24-27(36)32(16-5-2)18-10-14-30(24,3)39-31)28(37)34(26(31)29(33)38)23(21-35)20-22-12-8-7-9-13-22/h7-15,23-26,35H,4-6,16-21H2,1-3H3/t23-,24-,25+,26?,30+,31+/m1/s1. The van der Waals surface area contributed by atoms with E-state index in [9.17, 15) is 19.5 Å². The molecular formula is C31H41N3O4S. The number of likely N-dealkylation sites (tertiary alicyclic amines) is 1. The van der Waals surface area contributed by atoms with Gasteiger partial charge in [-0.15, -0.1) is 11.8 Å². The van der Waals surface area contributed by atoms with Gasteiger partial charge in [-0.3, -0.25) is 14.4 Å². The maximum absolute atomic E-state index is 14.6. The van der Waals surface area contributed by atoms with Crippen molar-refractivity contribution in [2.75, 3.05) is 32.8 Å². The summed E-state index contributed by atoms with van der Waals surface area (Å²) in [6.45, 7) is 8.23. The fourth-order valence-electron chi connectivity index (χ4n) is 7.11. The highest BCUT2D eigenvalue weighted by Gasteiger charge is 2.74. The highest BCUT2D eigenvalue weighted by molar-refractivity contribution is 8.02. The summed E-state index contributed by atoms with van der Waals surface area (Å²) in [5, 5.41) is 10.6. The number of benzene rings is 1. The van der Waals surface area contributed by atoms with Crippen molar-refractivity contribution in [2.45, 2.75) is 68.0 Å². The summed E-state index contributed by atoms with van der Waals surface area (Å²) in [5.41, 5.74) is 0.995. The quantitative estimate of drug-likeness (QED) is 0.477. The first kappa shape index (κ1) is 28.0. The molecule has 1 aromatic carbocycles. The summed E-state index contributed by atoms with van der Waals surface area (Å²) >= 11 is 1.61. The normalized spacial score (nSPS) is 32.7. The van der Waals surface area contributed by atoms with Crippen molar-refractivity contribution in [2.24, 2.45) is 11.8 Å². The van der Waals surface area contributed by atoms with E-state index in [-0.39, 0.29) is 24.3 Å². The van der Waals surface area contributed by atoms with Gasteiger partial charge in [-0.2, -0.15) is 0 Å². The summed E-state index contributed by atoms with van der Waals surface area (Å²) in [7, 11) is 0. The number of aliphatic hydroxyl groups is 1. The molecule has 0 aliphatic carbocycles. The van der Waals surface area contributed by atoms with Crippen LogP contribution in [-0.2, 0) is 20.8 Å². The zero-order valence-corrected chi connectivity index (χ0v) is 24.1. The van der Waals surface area contributed by atoms with E-state index >= 15 is 0 Å². The van der Waals surface area contributed by atoms with Gasteiger partial charge in [0.25, 0.3) is 0 Å². The van der Waals surface area contributed by atoms with Crippen LogP contribution >= 0.6 is 11.8 Å². The van der Waals surface area contributed by atoms with E-state index in [0.29, 0.717) is 32.6 Å². The number of hydrogen-bond donors (Lipinski definition) is 1. The molecule has 0 aromatic heterocycles. The number of fused-ring (bicyclic) bond motifs is 2. The Morgan fingerprint density at radius 3 is 2.28 bits per heavy atom. The second kappa shape index (κ2) is 11.1. The molecule has 6 atom stereocenters. The molecule has 8 heteroatoms. The number of hydrogen-bond acceptors (Lipinski definition) is 5. The summed E-state index contributed by atoms with van der Waals surface area (Å²) in [6.07, 6.45) is 11.4. The monoisotopic (exact) mass is 551 g/mol. The average Bonchev–Trinajstić information content (AvgIpc) is 3.21. The Morgan fingerprint density at radius 1 is 0.923 bits per heavy atom. The van der Waals surface area contributed by atoms with E-state index < -0.39 is 33.4 Å². The summed E-state index contributed by atoms with van der Waals surface area (Å²) in [6, 6.07) is 8.45. The van der Waals surface area contributed by atoms with Gasteiger partial charge in [0.05, 0.1) is 29.2 Å². The number of unbranched alkanes of at least 4 members (excludes halogenated alkanes) is 1. The van der Waals surface area contributed by atoms with Crippen molar-refractivity contribution in [3.63, 3.8) is 0 Å². The van der Waals surface area contributed by atoms with E-state index in [1.165, 1.54) is 0 Å². The highest BCUT2D eigenvalue weighted by atomic mass is 32.2. The van der Waals surface area contributed by atoms with Crippen LogP contribution in [0.25, 0.3) is 0 Å². The molecule has 1 aromatic rings. The molecule has 1 N–H and O–H groups in total. The van der Waals surface area contributed by atoms with Gasteiger partial charge in [0.1, 0.15) is 6.04 Å². The van der Waals surface area contributed by atoms with Crippen LogP contribution in [0.2, 0.25) is 0 Å². The average molecular weight is 552 g/mol. The maximum Gasteiger partial charge on any atom is 0.247 e. The van der Waals surface area contributed by atoms with Crippen LogP contribution in [0.5, 0.6) is 0 Å². The first-order valence-corrected chi connectivity index (χ1v) is 15.2. The Morgan fingerprint density at radius 2 is 1.62 bits per heavy atom. The zero-order valence-electron chi connectivity index (χ0n) is 23.3. The lowest BCUT2D eigenvalue weighted by Gasteiger charge is -2.40. The molecule has 4 aliphatic rings. The molecule has 0 bridgehead atoms. The van der Waals surface area contributed by atoms with Crippen molar-refractivity contribution < 1.29 is 19.5 Å². The number of nitrogens with zero attached hydrogens (tertiary/aromatic N) is 3. The van der Waals surface area contributed by atoms with Crippen LogP contribution in [0.15, 0.2) is 54.6 Å². The van der Waals surface area contributed by atoms with Crippen molar-refractivity contribution in [3.05, 3.63) is 60.2 Å². The molecule has 39 heavy (non-hydrogen) atoms. The second-order valence-electron chi connectivity index (χ2n) is 11.5. The van der Waals surface area contributed by atoms with Gasteiger partial charge in [0, 0.05) is 30.9 Å². The molecule has 5 rings (SSSR count). The van der Waals surface area contributed by atoms with Crippen molar-refractivity contribution >= 4 is 29.5 Å². The first-order valence-electron chi connectivity index (χ1n) is 14.4. The fourth-order valence-corrected chi connectivity index (χ4v) is 9.25. The Kier molecular flexibility index (Phi) is 7.98. The lowest BCUT2D eigenvalue weighted by Crippen LogP contribution is -2.57. The Balaban J connectivity index is 1.62. The maximum atomic E-state index is 14.6. The minimum absolute atomic E-state index is 0.00998. The number of aliphatic hydroxyl groups excluding tert-OH is 1. The van der Waals surface area contributed by atoms with Crippen LogP contribution in [0.3, 0.4) is 0 Å². The van der Waals surface area contributed by atoms with Crippen LogP contribution in [0.4, 0.5) is 0 Å². The van der Waals surface area contributed by atoms with Gasteiger partial charge >= 0.3 is 0 Å². The summed E-state index contributed by atoms with van der Waals surface area (Å²) in [5.74, 6) is -1.53. The molecule has 4 aliphatic heterocycles. The number of rotatable bonds is 9. The SMILES string of the molecule is CCCCN1CC=C[C@]23S[C@@]4(C)C=CCN(CCC)C(=O)[C@H]4[C@H]2C(=O)N([C@@H](CO)Cc2ccccc2)C3C1=O. The molecular weight excluding hydrogens is 510 g/mol. The number of amides is 3. The Bertz CT molecular complexity index is 1160. The third-order valence-electron chi connectivity index (χ3n) is 8.86. The Hall–Kier alpha value is -2.58. The number of thioether (sulfide) groups is 1. The van der Waals surface area contributed by atoms with Gasteiger partial charge in [0.2, 0.25) is 17.7 Å². The van der Waals surface area contributed by atoms with Crippen LogP contribution < -0.4 is 0 Å². The predicted octanol–water partition coefficient (Wildman–Crippen LogP) is 3.28. The number of carbonyl (C=O) groups excluding carboxylic acids is 3. The van der Waals surface area contributed by atoms with Crippen molar-refractivity contribution in [1.29, 1.82) is 0 Å². The lowest BCUT2D eigenvalue weighted by atomic mass is 9.74. The third kappa shape index (κ3) is 4.63. The minimum atomic E-state index is -0.881. The summed E-state index contributed by atoms with van der Waals surface area (Å²) in [4.78, 5) is 48.6. The lowest BCUT2D eigenvalue weighted by molar-refractivity contribution is -0.147. The molecule has 3 amide bonds. The molecule has 1 spiro atoms. The molecule has 210 valence electrons. The van der Waals surface area contributed by atoms with E-state index in [1.807, 2.05) is 46.2 Å². The number of carbonyl (C=O) groups is 3. The Labute approximate surface area is 236 Å². The third-order valence-corrected chi connectivity index (χ3v) is 10.7. The zero-order chi connectivity index (χ0) is 27.8. The van der Waals surface area contributed by atoms with Gasteiger partial charge in [-0.25, -0.2) is 0 Å². The van der Waals surface area contributed by atoms with Crippen LogP contribution in [-0.4, -0.2) is 91.9 Å². The van der Waals surface area contributed by atoms with E-state index in [4.69, 9.17) is 0 Å². The molecule has 4 heterocycles. The molecule has 0 radical (unpaired) electrons. The van der Waals surface area contributed by atoms with Crippen molar-refractivity contribution in [3.8, 4) is 0 Å². The molecule has 1 unspecified atom stereocenters. The summed E-state index contributed by atoms with van der Waals surface area (Å²) < 4.78 is -1.49. The fraction of sp³-hybridized carbons (Fsp3) is 0.581. The molecule has 7 nitrogen and oxygen atoms in total. The van der Waals surface area contributed by atoms with Gasteiger partial charge < -0.3 is 19.8 Å². The highest BCUT2D eigenvalue weighted by Crippen LogP contribution is 2.65. The first-order chi connectivity index (χ1) is 18.8. The predicted molar refractivity (Wildman–Crippen MR) is 154 cm³/mol. The smallest absolute Gasteiger partial charge is 0.247 e. The second-order valence-corrected chi connectivity index (χ2v) is 13.3. The topological polar surface area (TPSA) is 81.2 Å². The van der Waals surface area contributed by atoms with Crippen LogP contribution in [0.1, 0.15) is 45.6 Å². The van der Waals surface area contributed by atoms with Crippen LogP contribution in [0, 0.1) is 11.8 Å². The van der Waals surface area contributed by atoms with Gasteiger partial charge in [-0.1, -0.05) is 74.9 Å². The van der Waals surface area contributed by atoms with Gasteiger partial charge in [-0.05, 0) is 31.7 Å². The van der Waals surface area contributed by atoms with E-state index in [2.05, 4.69) is 39.0 Å². The molecule has 2 saturated heterocycles. The van der Waals surface area contributed by atoms with E-state index in [0.717, 1.165) is 24.8 Å². The van der Waals surface area contributed by atoms with Gasteiger partial charge in [0.15, 0.2) is 0 Å². The minimum Gasteiger partial charge on any atom is -0.394 e. The van der Waals surface area contributed by atoms with E-state index in [1.54, 1.807) is 16.7 Å². The molecule has 2 fully saturated rings. The molecule has 0 saturated carbocycles.